The van der Waals surface area contributed by atoms with Crippen molar-refractivity contribution in [2.75, 3.05) is 19.6 Å². The first-order valence-electron chi connectivity index (χ1n) is 37.5. The van der Waals surface area contributed by atoms with Gasteiger partial charge in [0.2, 0.25) is 0 Å². The van der Waals surface area contributed by atoms with Crippen molar-refractivity contribution >= 4 is 68.2 Å². The average Bonchev–Trinajstić information content (AvgIpc) is 0.823. The molecule has 112 heavy (non-hydrogen) atoms. The molecule has 0 spiro atoms. The van der Waals surface area contributed by atoms with Crippen molar-refractivity contribution in [3.63, 3.8) is 0 Å². The molecule has 4 heteroatoms. The first-order chi connectivity index (χ1) is 54.9. The number of hydrogen-bond acceptors (Lipinski definition) is 4. The van der Waals surface area contributed by atoms with Gasteiger partial charge in [-0.3, -0.25) is 0 Å². The third-order valence-corrected chi connectivity index (χ3v) is 19.3. The summed E-state index contributed by atoms with van der Waals surface area (Å²) in [6.07, 6.45) is 0. The van der Waals surface area contributed by atoms with Gasteiger partial charge in [-0.1, -0.05) is 177 Å². The molecule has 0 fully saturated rings. The van der Waals surface area contributed by atoms with Gasteiger partial charge < -0.3 is 19.6 Å². The Bertz CT molecular complexity index is 5440. The lowest BCUT2D eigenvalue weighted by Crippen LogP contribution is -2.10. The van der Waals surface area contributed by atoms with Gasteiger partial charge in [0.05, 0.1) is 0 Å². The molecule has 15 aromatic carbocycles. The van der Waals surface area contributed by atoms with Gasteiger partial charge in [-0.2, -0.15) is 0 Å². The Kier molecular flexibility index (Phi) is 22.1. The summed E-state index contributed by atoms with van der Waals surface area (Å²) < 4.78 is 0. The molecule has 0 bridgehead atoms. The van der Waals surface area contributed by atoms with Gasteiger partial charge in [-0.15, -0.1) is 0 Å². The van der Waals surface area contributed by atoms with Crippen LogP contribution in [0.5, 0.6) is 0 Å². The van der Waals surface area contributed by atoms with E-state index in [0.29, 0.717) is 0 Å². The molecule has 0 N–H and O–H groups in total. The summed E-state index contributed by atoms with van der Waals surface area (Å²) in [5.41, 5.74) is 31.0. The zero-order valence-corrected chi connectivity index (χ0v) is 63.4. The molecule has 15 rings (SSSR count). The molecule has 0 amide bonds. The minimum atomic E-state index is 0.895. The second kappa shape index (κ2) is 34.2. The lowest BCUT2D eigenvalue weighted by molar-refractivity contribution is 1.27. The van der Waals surface area contributed by atoms with Crippen molar-refractivity contribution in [3.8, 4) is 71.0 Å². The number of hydrogen-bond donors (Lipinski definition) is 0. The Balaban J connectivity index is 0.630. The van der Waals surface area contributed by atoms with E-state index in [-0.39, 0.29) is 0 Å². The van der Waals surface area contributed by atoms with Gasteiger partial charge in [0.1, 0.15) is 0 Å². The molecule has 0 unspecified atom stereocenters. The van der Waals surface area contributed by atoms with E-state index >= 15 is 0 Å². The van der Waals surface area contributed by atoms with Crippen LogP contribution in [0, 0.1) is 113 Å². The lowest BCUT2D eigenvalue weighted by Gasteiger charge is -2.25. The largest absolute Gasteiger partial charge is 0.311 e. The highest BCUT2D eigenvalue weighted by Crippen LogP contribution is 2.40. The predicted octanol–water partition coefficient (Wildman–Crippen LogP) is 25.8. The van der Waals surface area contributed by atoms with E-state index in [1.807, 2.05) is 72.8 Å². The molecule has 0 aliphatic heterocycles. The number of nitrogens with zero attached hydrogens (tertiary/aromatic N) is 4. The second-order valence-electron chi connectivity index (χ2n) is 27.9. The highest BCUT2D eigenvalue weighted by Gasteiger charge is 2.18. The summed E-state index contributed by atoms with van der Waals surface area (Å²) in [4.78, 5) is 9.06. The number of benzene rings is 15. The van der Waals surface area contributed by atoms with Gasteiger partial charge in [0, 0.05) is 135 Å². The van der Waals surface area contributed by atoms with E-state index in [0.717, 1.165) is 135 Å². The number of aryl methyl sites for hydroxylation is 6. The average molecular weight is 1430 g/mol. The molecule has 0 saturated carbocycles. The Morgan fingerprint density at radius 1 is 0.107 bits per heavy atom. The minimum absolute atomic E-state index is 0.895. The van der Waals surface area contributed by atoms with Crippen LogP contribution in [-0.2, 0) is 0 Å². The maximum atomic E-state index is 3.41. The molecule has 4 nitrogen and oxygen atoms in total. The minimum Gasteiger partial charge on any atom is -0.311 e. The van der Waals surface area contributed by atoms with E-state index in [2.05, 4.69) is 423 Å². The van der Waals surface area contributed by atoms with Crippen LogP contribution < -0.4 is 19.6 Å². The number of anilines is 12. The van der Waals surface area contributed by atoms with Crippen LogP contribution >= 0.6 is 0 Å². The van der Waals surface area contributed by atoms with Crippen molar-refractivity contribution < 1.29 is 0 Å². The van der Waals surface area contributed by atoms with Crippen molar-refractivity contribution in [2.45, 2.75) is 41.5 Å². The molecule has 0 aliphatic rings. The smallest absolute Gasteiger partial charge is 0.0462 e. The van der Waals surface area contributed by atoms with Crippen molar-refractivity contribution in [1.29, 1.82) is 0 Å². The van der Waals surface area contributed by atoms with Gasteiger partial charge in [0.15, 0.2) is 0 Å². The van der Waals surface area contributed by atoms with Crippen LogP contribution in [0.2, 0.25) is 0 Å². The molecule has 0 heterocycles. The van der Waals surface area contributed by atoms with E-state index in [1.54, 1.807) is 0 Å². The van der Waals surface area contributed by atoms with Gasteiger partial charge in [0.25, 0.3) is 0 Å². The van der Waals surface area contributed by atoms with Gasteiger partial charge in [-0.05, 0) is 333 Å². The molecular formula is C108H78N4. The van der Waals surface area contributed by atoms with Crippen LogP contribution in [0.3, 0.4) is 0 Å². The summed E-state index contributed by atoms with van der Waals surface area (Å²) in [7, 11) is 0. The fourth-order valence-corrected chi connectivity index (χ4v) is 12.9. The third-order valence-electron chi connectivity index (χ3n) is 19.3. The Labute approximate surface area is 660 Å². The van der Waals surface area contributed by atoms with E-state index in [1.165, 1.54) is 33.4 Å². The normalized spacial score (nSPS) is 10.3. The zero-order valence-electron chi connectivity index (χ0n) is 63.4. The summed E-state index contributed by atoms with van der Waals surface area (Å²) in [6.45, 7) is 12.7. The van der Waals surface area contributed by atoms with Crippen molar-refractivity contribution in [1.82, 2.24) is 0 Å². The summed E-state index contributed by atoms with van der Waals surface area (Å²) >= 11 is 0. The van der Waals surface area contributed by atoms with Gasteiger partial charge >= 0.3 is 0 Å². The molecular weight excluding hydrogens is 1350 g/mol. The highest BCUT2D eigenvalue weighted by atomic mass is 15.2. The molecule has 530 valence electrons. The summed E-state index contributed by atoms with van der Waals surface area (Å²) in [6, 6.07) is 127. The highest BCUT2D eigenvalue weighted by molar-refractivity contribution is 5.82. The molecule has 0 radical (unpaired) electrons. The molecule has 15 aromatic rings. The van der Waals surface area contributed by atoms with Crippen LogP contribution in [0.25, 0.3) is 0 Å². The molecule has 0 aromatic heterocycles. The van der Waals surface area contributed by atoms with Crippen molar-refractivity contribution in [2.24, 2.45) is 0 Å². The van der Waals surface area contributed by atoms with Crippen LogP contribution in [0.1, 0.15) is 100 Å². The maximum Gasteiger partial charge on any atom is 0.0462 e. The summed E-state index contributed by atoms with van der Waals surface area (Å²) in [5.74, 6) is 40.6. The second-order valence-corrected chi connectivity index (χ2v) is 27.9. The molecule has 0 aliphatic carbocycles. The predicted molar refractivity (Wildman–Crippen MR) is 468 cm³/mol. The van der Waals surface area contributed by atoms with Crippen LogP contribution in [0.4, 0.5) is 68.2 Å². The van der Waals surface area contributed by atoms with Crippen molar-refractivity contribution in [3.05, 3.63) is 464 Å². The Hall–Kier alpha value is -15.1. The topological polar surface area (TPSA) is 13.0 Å². The first kappa shape index (κ1) is 72.4. The molecule has 0 saturated heterocycles. The fourth-order valence-electron chi connectivity index (χ4n) is 12.9. The quantitative estimate of drug-likeness (QED) is 0.113. The molecule has 0 atom stereocenters. The summed E-state index contributed by atoms with van der Waals surface area (Å²) in [5, 5.41) is 0. The van der Waals surface area contributed by atoms with E-state index < -0.39 is 0 Å². The lowest BCUT2D eigenvalue weighted by atomic mass is 10.1. The van der Waals surface area contributed by atoms with E-state index in [4.69, 9.17) is 0 Å². The monoisotopic (exact) mass is 1430 g/mol. The third kappa shape index (κ3) is 18.4. The Morgan fingerprint density at radius 3 is 0.268 bits per heavy atom. The maximum absolute atomic E-state index is 3.41. The SMILES string of the molecule is Cc1ccc(N(c2ccc(C)cc2)c2ccc(C#Cc3ccc(C#Cc4ccc(N(c5ccc(C#Cc6ccc(C#Cc7ccc(N(c8ccc(C)cc8)c8ccc(C)cc8)cc7)cc6)cc5)c5ccc(C#Cc6ccc(C#Cc7ccc(N(c8ccc(C)cc8)c8ccc(C)cc8)cc7)cc6)cc5)cc4)cc3)cc2)cc1. The standard InChI is InChI=1S/C108H78N4/c1-79-7-55-97(56-8-79)109(98-57-9-80(2)10-58-98)103-67-43-91(44-68-103)37-31-85-19-25-88(26-20-85)34-40-94-49-73-106(74-50-94)112(107-75-51-95(52-76-107)41-35-89-27-21-86(22-28-89)32-38-92-45-69-104(70-46-92)110(99-59-11-81(3)12-60-99)100-61-13-82(4)14-62-100)108-77-53-96(54-78-108)42-36-90-29-23-87(24-30-90)33-39-93-47-71-105(72-48-93)111(101-63-15-83(5)16-64-101)102-65-17-84(6)18-66-102/h7-30,43-78H,1-6H3. The van der Waals surface area contributed by atoms with Gasteiger partial charge in [-0.25, -0.2) is 0 Å². The van der Waals surface area contributed by atoms with E-state index in [9.17, 15) is 0 Å². The number of rotatable bonds is 12. The fraction of sp³-hybridized carbons (Fsp3) is 0.0556. The van der Waals surface area contributed by atoms with Crippen LogP contribution in [0.15, 0.2) is 364 Å². The Morgan fingerprint density at radius 2 is 0.179 bits per heavy atom. The first-order valence-corrected chi connectivity index (χ1v) is 37.5. The van der Waals surface area contributed by atoms with Crippen LogP contribution in [-0.4, -0.2) is 0 Å². The zero-order chi connectivity index (χ0) is 76.5.